The van der Waals surface area contributed by atoms with E-state index in [2.05, 4.69) is 10.3 Å². The Kier molecular flexibility index (Phi) is 3.75. The molecule has 1 atom stereocenters. The van der Waals surface area contributed by atoms with Gasteiger partial charge in [0.25, 0.3) is 0 Å². The van der Waals surface area contributed by atoms with Crippen molar-refractivity contribution in [1.82, 2.24) is 4.98 Å². The lowest BCUT2D eigenvalue weighted by Crippen LogP contribution is -2.22. The molecule has 0 spiro atoms. The Hall–Kier alpha value is -2.14. The van der Waals surface area contributed by atoms with E-state index < -0.39 is 0 Å². The number of carbonyl (C=O) groups excluding carboxylic acids is 1. The Morgan fingerprint density at radius 2 is 2.24 bits per heavy atom. The van der Waals surface area contributed by atoms with E-state index in [9.17, 15) is 4.79 Å². The van der Waals surface area contributed by atoms with Crippen LogP contribution in [-0.4, -0.2) is 24.1 Å². The van der Waals surface area contributed by atoms with E-state index >= 15 is 0 Å². The highest BCUT2D eigenvalue weighted by atomic mass is 16.5. The molecule has 1 aliphatic rings. The fraction of sp³-hybridized carbons (Fsp3) is 0.375. The Morgan fingerprint density at radius 3 is 2.90 bits per heavy atom. The Morgan fingerprint density at radius 1 is 1.38 bits per heavy atom. The summed E-state index contributed by atoms with van der Waals surface area (Å²) in [6.07, 6.45) is 0.781. The van der Waals surface area contributed by atoms with Gasteiger partial charge < -0.3 is 14.5 Å². The molecule has 1 fully saturated rings. The fourth-order valence-electron chi connectivity index (χ4n) is 2.31. The third-order valence-electron chi connectivity index (χ3n) is 3.71. The topological polar surface area (TPSA) is 64.4 Å². The van der Waals surface area contributed by atoms with Crippen molar-refractivity contribution in [3.05, 3.63) is 35.7 Å². The highest BCUT2D eigenvalue weighted by Gasteiger charge is 2.23. The molecule has 5 heteroatoms. The van der Waals surface area contributed by atoms with Gasteiger partial charge in [0.15, 0.2) is 0 Å². The molecule has 0 radical (unpaired) electrons. The molecule has 1 amide bonds. The number of anilines is 1. The van der Waals surface area contributed by atoms with Crippen molar-refractivity contribution < 1.29 is 13.9 Å². The molecule has 1 N–H and O–H groups in total. The van der Waals surface area contributed by atoms with Crippen LogP contribution in [0, 0.1) is 19.8 Å². The number of aromatic nitrogens is 1. The van der Waals surface area contributed by atoms with Crippen LogP contribution in [0.25, 0.3) is 11.5 Å². The lowest BCUT2D eigenvalue weighted by Gasteiger charge is -2.09. The van der Waals surface area contributed by atoms with Gasteiger partial charge in [-0.05, 0) is 38.5 Å². The zero-order valence-electron chi connectivity index (χ0n) is 12.2. The number of hydrogen-bond acceptors (Lipinski definition) is 4. The average Bonchev–Trinajstić information content (AvgIpc) is 3.10. The van der Waals surface area contributed by atoms with Crippen LogP contribution in [0.2, 0.25) is 0 Å². The number of carbonyl (C=O) groups is 1. The van der Waals surface area contributed by atoms with Gasteiger partial charge in [0.2, 0.25) is 11.8 Å². The van der Waals surface area contributed by atoms with Gasteiger partial charge in [-0.2, -0.15) is 0 Å². The highest BCUT2D eigenvalue weighted by molar-refractivity contribution is 5.93. The van der Waals surface area contributed by atoms with Gasteiger partial charge >= 0.3 is 0 Å². The number of ether oxygens (including phenoxy) is 1. The zero-order valence-corrected chi connectivity index (χ0v) is 12.2. The van der Waals surface area contributed by atoms with Crippen molar-refractivity contribution in [1.29, 1.82) is 0 Å². The molecule has 3 rings (SSSR count). The van der Waals surface area contributed by atoms with Crippen molar-refractivity contribution >= 4 is 11.6 Å². The number of nitrogens with one attached hydrogen (secondary N) is 1. The number of rotatable bonds is 3. The first-order valence-electron chi connectivity index (χ1n) is 7.06. The number of nitrogens with zero attached hydrogens (tertiary/aromatic N) is 1. The summed E-state index contributed by atoms with van der Waals surface area (Å²) in [4.78, 5) is 16.5. The standard InChI is InChI=1S/C16H18N2O3/c1-10-11(2)21-16(17-10)12-4-3-5-14(8-12)18-15(19)13-6-7-20-9-13/h3-5,8,13H,6-7,9H2,1-2H3,(H,18,19). The largest absolute Gasteiger partial charge is 0.441 e. The fourth-order valence-corrected chi connectivity index (χ4v) is 2.31. The van der Waals surface area contributed by atoms with Crippen LogP contribution in [0.15, 0.2) is 28.7 Å². The first kappa shape index (κ1) is 13.8. The van der Waals surface area contributed by atoms with Gasteiger partial charge in [-0.1, -0.05) is 6.07 Å². The predicted octanol–water partition coefficient (Wildman–Crippen LogP) is 2.93. The summed E-state index contributed by atoms with van der Waals surface area (Å²) in [6, 6.07) is 7.53. The van der Waals surface area contributed by atoms with Crippen LogP contribution >= 0.6 is 0 Å². The van der Waals surface area contributed by atoms with Crippen molar-refractivity contribution in [3.8, 4) is 11.5 Å². The van der Waals surface area contributed by atoms with Gasteiger partial charge in [-0.25, -0.2) is 4.98 Å². The Labute approximate surface area is 123 Å². The molecule has 5 nitrogen and oxygen atoms in total. The van der Waals surface area contributed by atoms with Crippen LogP contribution in [0.5, 0.6) is 0 Å². The average molecular weight is 286 g/mol. The molecule has 2 heterocycles. The Balaban J connectivity index is 1.78. The number of aryl methyl sites for hydroxylation is 2. The summed E-state index contributed by atoms with van der Waals surface area (Å²) in [5.41, 5.74) is 2.48. The maximum absolute atomic E-state index is 12.1. The third-order valence-corrected chi connectivity index (χ3v) is 3.71. The van der Waals surface area contributed by atoms with Crippen LogP contribution in [0.4, 0.5) is 5.69 Å². The molecule has 1 aliphatic heterocycles. The number of benzene rings is 1. The SMILES string of the molecule is Cc1nc(-c2cccc(NC(=O)C3CCOC3)c2)oc1C. The predicted molar refractivity (Wildman–Crippen MR) is 79.0 cm³/mol. The van der Waals surface area contributed by atoms with Crippen LogP contribution in [0.3, 0.4) is 0 Å². The first-order chi connectivity index (χ1) is 10.1. The zero-order chi connectivity index (χ0) is 14.8. The minimum absolute atomic E-state index is 0.00409. The van der Waals surface area contributed by atoms with E-state index in [4.69, 9.17) is 9.15 Å². The van der Waals surface area contributed by atoms with E-state index in [0.717, 1.165) is 29.1 Å². The molecule has 1 aromatic heterocycles. The second kappa shape index (κ2) is 5.69. The summed E-state index contributed by atoms with van der Waals surface area (Å²) < 4.78 is 10.9. The van der Waals surface area contributed by atoms with E-state index in [1.807, 2.05) is 38.1 Å². The molecule has 1 unspecified atom stereocenters. The van der Waals surface area contributed by atoms with Crippen molar-refractivity contribution in [2.24, 2.45) is 5.92 Å². The summed E-state index contributed by atoms with van der Waals surface area (Å²) in [7, 11) is 0. The van der Waals surface area contributed by atoms with Gasteiger partial charge in [-0.15, -0.1) is 0 Å². The van der Waals surface area contributed by atoms with Crippen LogP contribution < -0.4 is 5.32 Å². The normalized spacial score (nSPS) is 17.9. The molecule has 0 bridgehead atoms. The van der Waals surface area contributed by atoms with Gasteiger partial charge in [0, 0.05) is 17.9 Å². The number of hydrogen-bond donors (Lipinski definition) is 1. The molecule has 110 valence electrons. The smallest absolute Gasteiger partial charge is 0.229 e. The molecule has 0 aliphatic carbocycles. The molecule has 1 saturated heterocycles. The number of amides is 1. The van der Waals surface area contributed by atoms with Crippen molar-refractivity contribution in [3.63, 3.8) is 0 Å². The summed E-state index contributed by atoms with van der Waals surface area (Å²) >= 11 is 0. The lowest BCUT2D eigenvalue weighted by molar-refractivity contribution is -0.119. The summed E-state index contributed by atoms with van der Waals surface area (Å²) in [5, 5.41) is 2.93. The Bertz CT molecular complexity index is 638. The molecule has 1 aromatic carbocycles. The molecule has 2 aromatic rings. The summed E-state index contributed by atoms with van der Waals surface area (Å²) in [6.45, 7) is 4.96. The minimum Gasteiger partial charge on any atom is -0.441 e. The van der Waals surface area contributed by atoms with E-state index in [1.165, 1.54) is 0 Å². The summed E-state index contributed by atoms with van der Waals surface area (Å²) in [5.74, 6) is 1.33. The molecular formula is C16H18N2O3. The third kappa shape index (κ3) is 2.97. The molecule has 0 saturated carbocycles. The van der Waals surface area contributed by atoms with E-state index in [-0.39, 0.29) is 11.8 Å². The maximum Gasteiger partial charge on any atom is 0.229 e. The van der Waals surface area contributed by atoms with Crippen molar-refractivity contribution in [2.75, 3.05) is 18.5 Å². The van der Waals surface area contributed by atoms with Crippen LogP contribution in [0.1, 0.15) is 17.9 Å². The first-order valence-corrected chi connectivity index (χ1v) is 7.06. The maximum atomic E-state index is 12.1. The van der Waals surface area contributed by atoms with Crippen molar-refractivity contribution in [2.45, 2.75) is 20.3 Å². The van der Waals surface area contributed by atoms with E-state index in [1.54, 1.807) is 0 Å². The van der Waals surface area contributed by atoms with Gasteiger partial charge in [0.1, 0.15) is 5.76 Å². The number of oxazole rings is 1. The monoisotopic (exact) mass is 286 g/mol. The lowest BCUT2D eigenvalue weighted by atomic mass is 10.1. The second-order valence-electron chi connectivity index (χ2n) is 5.29. The van der Waals surface area contributed by atoms with Crippen LogP contribution in [-0.2, 0) is 9.53 Å². The van der Waals surface area contributed by atoms with Gasteiger partial charge in [0.05, 0.1) is 18.2 Å². The highest BCUT2D eigenvalue weighted by Crippen LogP contribution is 2.24. The minimum atomic E-state index is -0.0557. The molecular weight excluding hydrogens is 268 g/mol. The second-order valence-corrected chi connectivity index (χ2v) is 5.29. The molecule has 21 heavy (non-hydrogen) atoms. The van der Waals surface area contributed by atoms with Gasteiger partial charge in [-0.3, -0.25) is 4.79 Å². The quantitative estimate of drug-likeness (QED) is 0.942. The van der Waals surface area contributed by atoms with E-state index in [0.29, 0.717) is 19.1 Å².